The molecule has 1 N–H and O–H groups in total. The molecular weight excluding hydrogens is 421 g/mol. The zero-order valence-electron chi connectivity index (χ0n) is 16.3. The van der Waals surface area contributed by atoms with E-state index in [-0.39, 0.29) is 21.4 Å². The predicted molar refractivity (Wildman–Crippen MR) is 113 cm³/mol. The summed E-state index contributed by atoms with van der Waals surface area (Å²) < 4.78 is 44.0. The van der Waals surface area contributed by atoms with E-state index in [0.29, 0.717) is 5.69 Å². The molecule has 0 unspecified atom stereocenters. The molecule has 6 nitrogen and oxygen atoms in total. The lowest BCUT2D eigenvalue weighted by Gasteiger charge is -2.09. The first-order valence-corrected chi connectivity index (χ1v) is 10.7. The van der Waals surface area contributed by atoms with Gasteiger partial charge in [0.25, 0.3) is 5.91 Å². The van der Waals surface area contributed by atoms with Crippen LogP contribution >= 0.6 is 0 Å². The number of carbonyl (C=O) groups is 1. The number of aryl methyl sites for hydroxylation is 1. The minimum Gasteiger partial charge on any atom is -0.422 e. The normalized spacial score (nSPS) is 11.4. The number of hydrogen-bond acceptors (Lipinski definition) is 5. The number of halogens is 1. The topological polar surface area (TPSA) is 93.4 Å². The monoisotopic (exact) mass is 437 g/mol. The van der Waals surface area contributed by atoms with Gasteiger partial charge in [-0.3, -0.25) is 4.79 Å². The number of hydrogen-bond donors (Lipinski definition) is 1. The molecule has 4 rings (SSSR count). The molecule has 0 saturated carbocycles. The molecule has 0 bridgehead atoms. The van der Waals surface area contributed by atoms with E-state index in [1.807, 2.05) is 19.1 Å². The maximum absolute atomic E-state index is 13.2. The van der Waals surface area contributed by atoms with Crippen LogP contribution in [0, 0.1) is 12.7 Å². The molecule has 0 saturated heterocycles. The summed E-state index contributed by atoms with van der Waals surface area (Å²) in [6.45, 7) is 1.86. The van der Waals surface area contributed by atoms with Crippen molar-refractivity contribution in [3.8, 4) is 0 Å². The maximum atomic E-state index is 13.2. The summed E-state index contributed by atoms with van der Waals surface area (Å²) in [6, 6.07) is 16.9. The molecule has 31 heavy (non-hydrogen) atoms. The molecule has 0 spiro atoms. The van der Waals surface area contributed by atoms with Crippen molar-refractivity contribution in [1.82, 2.24) is 0 Å². The number of amides is 1. The molecule has 0 aliphatic carbocycles. The zero-order valence-corrected chi connectivity index (χ0v) is 17.1. The van der Waals surface area contributed by atoms with Crippen LogP contribution in [0.2, 0.25) is 0 Å². The number of nitrogens with one attached hydrogen (secondary N) is 1. The van der Waals surface area contributed by atoms with Crippen LogP contribution in [0.15, 0.2) is 91.8 Å². The number of rotatable bonds is 4. The third kappa shape index (κ3) is 3.97. The van der Waals surface area contributed by atoms with Crippen LogP contribution in [0.1, 0.15) is 15.9 Å². The Morgan fingerprint density at radius 3 is 2.39 bits per heavy atom. The molecule has 1 heterocycles. The van der Waals surface area contributed by atoms with Gasteiger partial charge in [-0.05, 0) is 67.1 Å². The summed E-state index contributed by atoms with van der Waals surface area (Å²) >= 11 is 0. The molecule has 0 aliphatic heterocycles. The van der Waals surface area contributed by atoms with E-state index >= 15 is 0 Å². The highest BCUT2D eigenvalue weighted by atomic mass is 32.2. The van der Waals surface area contributed by atoms with Gasteiger partial charge >= 0.3 is 5.63 Å². The van der Waals surface area contributed by atoms with Crippen LogP contribution < -0.4 is 10.9 Å². The summed E-state index contributed by atoms with van der Waals surface area (Å²) in [5, 5.41) is 3.06. The van der Waals surface area contributed by atoms with E-state index in [9.17, 15) is 22.4 Å². The average Bonchev–Trinajstić information content (AvgIpc) is 2.74. The fraction of sp³-hybridized carbons (Fsp3) is 0.0435. The lowest BCUT2D eigenvalue weighted by molar-refractivity contribution is 0.102. The van der Waals surface area contributed by atoms with E-state index in [2.05, 4.69) is 5.32 Å². The van der Waals surface area contributed by atoms with Crippen molar-refractivity contribution >= 4 is 32.4 Å². The third-order valence-corrected chi connectivity index (χ3v) is 6.53. The second-order valence-electron chi connectivity index (χ2n) is 6.88. The van der Waals surface area contributed by atoms with Crippen molar-refractivity contribution in [1.29, 1.82) is 0 Å². The predicted octanol–water partition coefficient (Wildman–Crippen LogP) is 4.33. The summed E-state index contributed by atoms with van der Waals surface area (Å²) in [5.74, 6) is -1.00. The van der Waals surface area contributed by atoms with E-state index in [4.69, 9.17) is 4.42 Å². The number of sulfone groups is 1. The Balaban J connectivity index is 1.75. The van der Waals surface area contributed by atoms with Crippen LogP contribution in [-0.2, 0) is 9.84 Å². The van der Waals surface area contributed by atoms with Crippen LogP contribution in [-0.4, -0.2) is 14.3 Å². The molecular formula is C23H16FNO5S. The first-order valence-electron chi connectivity index (χ1n) is 9.21. The fourth-order valence-corrected chi connectivity index (χ4v) is 4.37. The second-order valence-corrected chi connectivity index (χ2v) is 8.80. The summed E-state index contributed by atoms with van der Waals surface area (Å²) in [5.41, 5.74) is 0.876. The van der Waals surface area contributed by atoms with E-state index in [0.717, 1.165) is 35.9 Å². The van der Waals surface area contributed by atoms with E-state index in [1.54, 1.807) is 12.1 Å². The average molecular weight is 437 g/mol. The highest BCUT2D eigenvalue weighted by Crippen LogP contribution is 2.24. The fourth-order valence-electron chi connectivity index (χ4n) is 3.08. The molecule has 156 valence electrons. The number of anilines is 1. The van der Waals surface area contributed by atoms with Crippen molar-refractivity contribution in [3.05, 3.63) is 100 Å². The minimum absolute atomic E-state index is 0.135. The van der Waals surface area contributed by atoms with Crippen molar-refractivity contribution in [2.24, 2.45) is 0 Å². The molecule has 8 heteroatoms. The van der Waals surface area contributed by atoms with Crippen LogP contribution in [0.25, 0.3) is 11.0 Å². The van der Waals surface area contributed by atoms with Crippen molar-refractivity contribution in [3.63, 3.8) is 0 Å². The van der Waals surface area contributed by atoms with Gasteiger partial charge in [0.2, 0.25) is 9.84 Å². The summed E-state index contributed by atoms with van der Waals surface area (Å²) in [4.78, 5) is 24.1. The SMILES string of the molecule is Cc1ccccc1NC(=O)c1ccc2oc(=O)c(S(=O)(=O)c3ccc(F)cc3)cc2c1. The highest BCUT2D eigenvalue weighted by Gasteiger charge is 2.23. The standard InChI is InChI=1S/C23H16FNO5S/c1-14-4-2-3-5-19(14)25-22(26)15-6-11-20-16(12-15)13-21(23(27)30-20)31(28,29)18-9-7-17(24)8-10-18/h2-13H,1H3,(H,25,26). The Morgan fingerprint density at radius 2 is 1.68 bits per heavy atom. The number of carbonyl (C=O) groups excluding carboxylic acids is 1. The van der Waals surface area contributed by atoms with Crippen LogP contribution in [0.5, 0.6) is 0 Å². The Morgan fingerprint density at radius 1 is 0.968 bits per heavy atom. The van der Waals surface area contributed by atoms with Gasteiger partial charge in [0.05, 0.1) is 4.90 Å². The maximum Gasteiger partial charge on any atom is 0.355 e. The first-order chi connectivity index (χ1) is 14.8. The summed E-state index contributed by atoms with van der Waals surface area (Å²) in [6.07, 6.45) is 0. The lowest BCUT2D eigenvalue weighted by Crippen LogP contribution is -2.15. The van der Waals surface area contributed by atoms with Gasteiger partial charge < -0.3 is 9.73 Å². The number of benzene rings is 3. The van der Waals surface area contributed by atoms with Gasteiger partial charge in [-0.15, -0.1) is 0 Å². The molecule has 1 aromatic heterocycles. The van der Waals surface area contributed by atoms with Gasteiger partial charge in [0.15, 0.2) is 4.90 Å². The number of fused-ring (bicyclic) bond motifs is 1. The second kappa shape index (κ2) is 7.81. The Kier molecular flexibility index (Phi) is 5.16. The Labute approximate surface area is 176 Å². The molecule has 0 fully saturated rings. The molecule has 0 aliphatic rings. The van der Waals surface area contributed by atoms with Gasteiger partial charge in [0.1, 0.15) is 11.4 Å². The van der Waals surface area contributed by atoms with Crippen molar-refractivity contribution in [2.75, 3.05) is 5.32 Å². The number of para-hydroxylation sites is 1. The van der Waals surface area contributed by atoms with Crippen LogP contribution in [0.3, 0.4) is 0 Å². The van der Waals surface area contributed by atoms with Gasteiger partial charge in [-0.1, -0.05) is 18.2 Å². The van der Waals surface area contributed by atoms with Crippen LogP contribution in [0.4, 0.5) is 10.1 Å². The molecule has 0 atom stereocenters. The van der Waals surface area contributed by atoms with Gasteiger partial charge in [0, 0.05) is 16.6 Å². The molecule has 3 aromatic carbocycles. The van der Waals surface area contributed by atoms with E-state index in [1.165, 1.54) is 18.2 Å². The largest absolute Gasteiger partial charge is 0.422 e. The molecule has 1 amide bonds. The first kappa shape index (κ1) is 20.5. The zero-order chi connectivity index (χ0) is 22.2. The Hall–Kier alpha value is -3.78. The molecule has 4 aromatic rings. The molecule has 0 radical (unpaired) electrons. The Bertz CT molecular complexity index is 1470. The lowest BCUT2D eigenvalue weighted by atomic mass is 10.1. The van der Waals surface area contributed by atoms with Gasteiger partial charge in [-0.2, -0.15) is 0 Å². The quantitative estimate of drug-likeness (QED) is 0.379. The van der Waals surface area contributed by atoms with Gasteiger partial charge in [-0.25, -0.2) is 17.6 Å². The van der Waals surface area contributed by atoms with Crippen molar-refractivity contribution in [2.45, 2.75) is 16.7 Å². The smallest absolute Gasteiger partial charge is 0.355 e. The summed E-state index contributed by atoms with van der Waals surface area (Å²) in [7, 11) is -4.24. The van der Waals surface area contributed by atoms with Crippen molar-refractivity contribution < 1.29 is 22.0 Å². The third-order valence-electron chi connectivity index (χ3n) is 4.77. The minimum atomic E-state index is -4.24. The van der Waals surface area contributed by atoms with E-state index < -0.39 is 32.1 Å². The highest BCUT2D eigenvalue weighted by molar-refractivity contribution is 7.91.